The Morgan fingerprint density at radius 2 is 1.83 bits per heavy atom. The van der Waals surface area contributed by atoms with E-state index in [9.17, 15) is 23.2 Å². The summed E-state index contributed by atoms with van der Waals surface area (Å²) >= 11 is 0. The van der Waals surface area contributed by atoms with Gasteiger partial charge in [0, 0.05) is 18.8 Å². The van der Waals surface area contributed by atoms with Crippen molar-refractivity contribution in [3.63, 3.8) is 0 Å². The first-order valence-electron chi connectivity index (χ1n) is 10.9. The van der Waals surface area contributed by atoms with Crippen molar-refractivity contribution in [1.29, 1.82) is 0 Å². The molecule has 3 rings (SSSR count). The van der Waals surface area contributed by atoms with Crippen LogP contribution in [0.15, 0.2) is 41.8 Å². The largest absolute Gasteiger partial charge is 0.462 e. The van der Waals surface area contributed by atoms with Gasteiger partial charge in [-0.05, 0) is 51.5 Å². The summed E-state index contributed by atoms with van der Waals surface area (Å²) in [4.78, 5) is 41.5. The molecule has 0 aliphatic rings. The van der Waals surface area contributed by atoms with Gasteiger partial charge in [-0.3, -0.25) is 9.36 Å². The van der Waals surface area contributed by atoms with Crippen LogP contribution in [0.25, 0.3) is 22.3 Å². The molecule has 0 saturated carbocycles. The third kappa shape index (κ3) is 5.73. The number of hydrogen-bond donors (Lipinski definition) is 1. The Kier molecular flexibility index (Phi) is 7.51. The van der Waals surface area contributed by atoms with Crippen molar-refractivity contribution in [2.45, 2.75) is 33.3 Å². The van der Waals surface area contributed by atoms with Crippen molar-refractivity contribution >= 4 is 28.7 Å². The molecule has 0 saturated heterocycles. The fourth-order valence-corrected chi connectivity index (χ4v) is 3.26. The van der Waals surface area contributed by atoms with Crippen LogP contribution < -0.4 is 10.7 Å². The van der Waals surface area contributed by atoms with Crippen LogP contribution in [0.4, 0.5) is 18.0 Å². The number of carbonyl (C=O) groups excluding carboxylic acids is 2. The van der Waals surface area contributed by atoms with Gasteiger partial charge in [0.1, 0.15) is 40.0 Å². The molecular weight excluding hydrogens is 479 g/mol. The molecule has 36 heavy (non-hydrogen) atoms. The van der Waals surface area contributed by atoms with Crippen LogP contribution in [0, 0.1) is 17.5 Å². The van der Waals surface area contributed by atoms with E-state index in [0.29, 0.717) is 6.07 Å². The molecule has 1 N–H and O–H groups in total. The minimum Gasteiger partial charge on any atom is -0.462 e. The summed E-state index contributed by atoms with van der Waals surface area (Å²) in [6.45, 7) is 9.98. The summed E-state index contributed by atoms with van der Waals surface area (Å²) in [5.41, 5.74) is -2.93. The number of amides is 1. The third-order valence-electron chi connectivity index (χ3n) is 4.78. The van der Waals surface area contributed by atoms with Gasteiger partial charge in [0.05, 0.1) is 17.7 Å². The van der Waals surface area contributed by atoms with Crippen LogP contribution >= 0.6 is 0 Å². The Morgan fingerprint density at radius 3 is 2.44 bits per heavy atom. The quantitative estimate of drug-likeness (QED) is 0.497. The first kappa shape index (κ1) is 26.5. The van der Waals surface area contributed by atoms with Gasteiger partial charge in [-0.15, -0.1) is 0 Å². The molecule has 0 fully saturated rings. The fraction of sp³-hybridized carbons (Fsp3) is 0.280. The van der Waals surface area contributed by atoms with E-state index < -0.39 is 46.1 Å². The highest BCUT2D eigenvalue weighted by molar-refractivity contribution is 5.94. The molecule has 0 spiro atoms. The SMILES string of the molecule is C=C(CNC(=O)OC(C)(C)C)c1nc2c(cc1F)c(=O)c(C(=O)OCC)cn2-c1ccc(F)cc1F. The number of carbonyl (C=O) groups is 2. The van der Waals surface area contributed by atoms with Crippen LogP contribution in [-0.2, 0) is 9.47 Å². The Balaban J connectivity index is 2.16. The molecule has 3 aromatic rings. The summed E-state index contributed by atoms with van der Waals surface area (Å²) in [5.74, 6) is -3.85. The van der Waals surface area contributed by atoms with Gasteiger partial charge in [0.15, 0.2) is 0 Å². The van der Waals surface area contributed by atoms with Crippen LogP contribution in [0.5, 0.6) is 0 Å². The molecule has 1 amide bonds. The second-order valence-corrected chi connectivity index (χ2v) is 8.71. The zero-order chi connectivity index (χ0) is 26.8. The molecule has 0 unspecified atom stereocenters. The molecule has 0 atom stereocenters. The first-order valence-corrected chi connectivity index (χ1v) is 10.9. The lowest BCUT2D eigenvalue weighted by molar-refractivity contribution is 0.0518. The summed E-state index contributed by atoms with van der Waals surface area (Å²) in [6, 6.07) is 3.49. The summed E-state index contributed by atoms with van der Waals surface area (Å²) in [6.07, 6.45) is 0.226. The first-order chi connectivity index (χ1) is 16.8. The number of hydrogen-bond acceptors (Lipinski definition) is 6. The van der Waals surface area contributed by atoms with Gasteiger partial charge in [0.25, 0.3) is 0 Å². The maximum absolute atomic E-state index is 15.0. The van der Waals surface area contributed by atoms with E-state index >= 15 is 4.39 Å². The molecule has 0 bridgehead atoms. The number of halogens is 3. The number of esters is 1. The standard InChI is InChI=1S/C25H24F3N3O5/c1-6-35-23(33)16-12-31(19-8-7-14(26)9-17(19)27)22-15(21(16)32)10-18(28)20(30-22)13(2)11-29-24(34)36-25(3,4)5/h7-10,12H,2,6,11H2,1,3-5H3,(H,29,34). The summed E-state index contributed by atoms with van der Waals surface area (Å²) < 4.78 is 54.3. The zero-order valence-corrected chi connectivity index (χ0v) is 20.1. The highest BCUT2D eigenvalue weighted by Crippen LogP contribution is 2.24. The van der Waals surface area contributed by atoms with Crippen LogP contribution in [-0.4, -0.2) is 40.4 Å². The van der Waals surface area contributed by atoms with E-state index in [-0.39, 0.29) is 41.1 Å². The molecule has 1 aromatic carbocycles. The maximum Gasteiger partial charge on any atom is 0.407 e. The van der Waals surface area contributed by atoms with Crippen LogP contribution in [0.2, 0.25) is 0 Å². The van der Waals surface area contributed by atoms with Crippen molar-refractivity contribution < 1.29 is 32.2 Å². The van der Waals surface area contributed by atoms with E-state index in [4.69, 9.17) is 9.47 Å². The minimum atomic E-state index is -1.02. The Morgan fingerprint density at radius 1 is 1.14 bits per heavy atom. The zero-order valence-electron chi connectivity index (χ0n) is 20.1. The van der Waals surface area contributed by atoms with Crippen molar-refractivity contribution in [1.82, 2.24) is 14.9 Å². The van der Waals surface area contributed by atoms with Crippen molar-refractivity contribution in [2.24, 2.45) is 0 Å². The Bertz CT molecular complexity index is 1430. The number of benzene rings is 1. The number of alkyl carbamates (subject to hydrolysis) is 1. The van der Waals surface area contributed by atoms with Gasteiger partial charge in [-0.25, -0.2) is 27.7 Å². The highest BCUT2D eigenvalue weighted by Gasteiger charge is 2.23. The average Bonchev–Trinajstić information content (AvgIpc) is 2.77. The van der Waals surface area contributed by atoms with Gasteiger partial charge in [-0.2, -0.15) is 0 Å². The third-order valence-corrected chi connectivity index (χ3v) is 4.78. The second kappa shape index (κ2) is 10.2. The predicted molar refractivity (Wildman–Crippen MR) is 126 cm³/mol. The number of ether oxygens (including phenoxy) is 2. The summed E-state index contributed by atoms with van der Waals surface area (Å²) in [5, 5.41) is 2.08. The number of nitrogens with one attached hydrogen (secondary N) is 1. The van der Waals surface area contributed by atoms with Gasteiger partial charge >= 0.3 is 12.1 Å². The Hall–Kier alpha value is -4.15. The average molecular weight is 503 g/mol. The molecule has 8 nitrogen and oxygen atoms in total. The van der Waals surface area contributed by atoms with Crippen LogP contribution in [0.3, 0.4) is 0 Å². The van der Waals surface area contributed by atoms with Crippen molar-refractivity contribution in [3.8, 4) is 5.69 Å². The Labute approximate surface area is 204 Å². The molecule has 0 radical (unpaired) electrons. The summed E-state index contributed by atoms with van der Waals surface area (Å²) in [7, 11) is 0. The normalized spacial score (nSPS) is 11.3. The van der Waals surface area contributed by atoms with E-state index in [1.54, 1.807) is 20.8 Å². The molecule has 0 aliphatic heterocycles. The number of rotatable bonds is 6. The maximum atomic E-state index is 15.0. The van der Waals surface area contributed by atoms with Gasteiger partial charge in [0.2, 0.25) is 5.43 Å². The number of fused-ring (bicyclic) bond motifs is 1. The molecule has 190 valence electrons. The van der Waals surface area contributed by atoms with Gasteiger partial charge in [-0.1, -0.05) is 6.58 Å². The topological polar surface area (TPSA) is 99.5 Å². The minimum absolute atomic E-state index is 0.0216. The van der Waals surface area contributed by atoms with E-state index in [1.807, 2.05) is 0 Å². The lowest BCUT2D eigenvalue weighted by atomic mass is 10.1. The fourth-order valence-electron chi connectivity index (χ4n) is 3.26. The molecular formula is C25H24F3N3O5. The molecule has 2 aromatic heterocycles. The highest BCUT2D eigenvalue weighted by atomic mass is 19.1. The van der Waals surface area contributed by atoms with E-state index in [1.165, 1.54) is 6.92 Å². The number of pyridine rings is 2. The van der Waals surface area contributed by atoms with Crippen molar-refractivity contribution in [3.05, 3.63) is 76.0 Å². The predicted octanol–water partition coefficient (Wildman–Crippen LogP) is 4.52. The van der Waals surface area contributed by atoms with Gasteiger partial charge < -0.3 is 14.8 Å². The lowest BCUT2D eigenvalue weighted by Crippen LogP contribution is -2.33. The van der Waals surface area contributed by atoms with E-state index in [0.717, 1.165) is 29.0 Å². The van der Waals surface area contributed by atoms with Crippen molar-refractivity contribution in [2.75, 3.05) is 13.2 Å². The monoisotopic (exact) mass is 503 g/mol. The molecule has 2 heterocycles. The molecule has 0 aliphatic carbocycles. The smallest absolute Gasteiger partial charge is 0.407 e. The second-order valence-electron chi connectivity index (χ2n) is 8.71. The number of nitrogens with zero attached hydrogens (tertiary/aromatic N) is 2. The molecule has 11 heteroatoms. The number of aromatic nitrogens is 2. The van der Waals surface area contributed by atoms with Crippen LogP contribution in [0.1, 0.15) is 43.7 Å². The van der Waals surface area contributed by atoms with E-state index in [2.05, 4.69) is 16.9 Å². The lowest BCUT2D eigenvalue weighted by Gasteiger charge is -2.20.